The molecule has 0 aromatic heterocycles. The smallest absolute Gasteiger partial charge is 0.228 e. The topological polar surface area (TPSA) is 55.1 Å². The van der Waals surface area contributed by atoms with Crippen LogP contribution in [-0.2, 0) is 11.2 Å². The van der Waals surface area contributed by atoms with Gasteiger partial charge in [-0.3, -0.25) is 4.79 Å². The van der Waals surface area contributed by atoms with Gasteiger partial charge in [0.2, 0.25) is 5.91 Å². The minimum absolute atomic E-state index is 0.167. The zero-order chi connectivity index (χ0) is 14.7. The number of amides is 1. The third kappa shape index (κ3) is 3.57. The number of anilines is 2. The standard InChI is InChI=1S/C15H14BrFN2O/c1-9-6-12(16)15(13(18)7-9)19-14(20)8-10-2-4-11(17)5-3-10/h2-7H,8,18H2,1H3,(H,19,20). The lowest BCUT2D eigenvalue weighted by atomic mass is 10.1. The number of hydrogen-bond donors (Lipinski definition) is 2. The maximum absolute atomic E-state index is 12.8. The second kappa shape index (κ2) is 6.05. The number of halogens is 2. The number of carbonyl (C=O) groups excluding carboxylic acids is 1. The Labute approximate surface area is 125 Å². The van der Waals surface area contributed by atoms with Crippen LogP contribution in [0, 0.1) is 12.7 Å². The zero-order valence-corrected chi connectivity index (χ0v) is 12.5. The van der Waals surface area contributed by atoms with Crippen molar-refractivity contribution >= 4 is 33.2 Å². The van der Waals surface area contributed by atoms with Crippen molar-refractivity contribution in [3.63, 3.8) is 0 Å². The largest absolute Gasteiger partial charge is 0.397 e. The monoisotopic (exact) mass is 336 g/mol. The lowest BCUT2D eigenvalue weighted by Crippen LogP contribution is -2.16. The fourth-order valence-electron chi connectivity index (χ4n) is 1.87. The van der Waals surface area contributed by atoms with Crippen molar-refractivity contribution in [2.75, 3.05) is 11.1 Å². The number of carbonyl (C=O) groups is 1. The van der Waals surface area contributed by atoms with E-state index in [9.17, 15) is 9.18 Å². The molecule has 5 heteroatoms. The Morgan fingerprint density at radius 2 is 1.95 bits per heavy atom. The molecular weight excluding hydrogens is 323 g/mol. The highest BCUT2D eigenvalue weighted by Crippen LogP contribution is 2.30. The number of nitrogen functional groups attached to an aromatic ring is 1. The second-order valence-corrected chi connectivity index (χ2v) is 5.42. The quantitative estimate of drug-likeness (QED) is 0.840. The van der Waals surface area contributed by atoms with E-state index in [-0.39, 0.29) is 18.1 Å². The van der Waals surface area contributed by atoms with Gasteiger partial charge in [0, 0.05) is 4.47 Å². The molecule has 2 aromatic carbocycles. The minimum Gasteiger partial charge on any atom is -0.397 e. The molecule has 3 N–H and O–H groups in total. The fraction of sp³-hybridized carbons (Fsp3) is 0.133. The van der Waals surface area contributed by atoms with Crippen molar-refractivity contribution in [3.05, 3.63) is 57.8 Å². The van der Waals surface area contributed by atoms with Crippen molar-refractivity contribution in [2.24, 2.45) is 0 Å². The summed E-state index contributed by atoms with van der Waals surface area (Å²) in [5, 5.41) is 2.76. The lowest BCUT2D eigenvalue weighted by molar-refractivity contribution is -0.115. The van der Waals surface area contributed by atoms with E-state index in [0.717, 1.165) is 15.6 Å². The van der Waals surface area contributed by atoms with Crippen LogP contribution in [0.2, 0.25) is 0 Å². The molecule has 3 nitrogen and oxygen atoms in total. The van der Waals surface area contributed by atoms with Crippen molar-refractivity contribution in [1.29, 1.82) is 0 Å². The number of nitrogens with two attached hydrogens (primary N) is 1. The van der Waals surface area contributed by atoms with Gasteiger partial charge in [-0.1, -0.05) is 12.1 Å². The highest BCUT2D eigenvalue weighted by atomic mass is 79.9. The molecule has 104 valence electrons. The molecule has 20 heavy (non-hydrogen) atoms. The van der Waals surface area contributed by atoms with Crippen molar-refractivity contribution in [3.8, 4) is 0 Å². The Balaban J connectivity index is 2.10. The molecule has 0 saturated carbocycles. The Morgan fingerprint density at radius 3 is 2.55 bits per heavy atom. The number of nitrogens with one attached hydrogen (secondary N) is 1. The summed E-state index contributed by atoms with van der Waals surface area (Å²) in [6.45, 7) is 1.92. The summed E-state index contributed by atoms with van der Waals surface area (Å²) in [6.07, 6.45) is 0.167. The molecule has 0 fully saturated rings. The molecule has 0 heterocycles. The number of benzene rings is 2. The van der Waals surface area contributed by atoms with E-state index < -0.39 is 0 Å². The van der Waals surface area contributed by atoms with Gasteiger partial charge >= 0.3 is 0 Å². The van der Waals surface area contributed by atoms with E-state index in [1.807, 2.05) is 13.0 Å². The molecule has 1 amide bonds. The van der Waals surface area contributed by atoms with Crippen molar-refractivity contribution in [1.82, 2.24) is 0 Å². The summed E-state index contributed by atoms with van der Waals surface area (Å²) in [7, 11) is 0. The Bertz CT molecular complexity index is 618. The molecule has 0 bridgehead atoms. The van der Waals surface area contributed by atoms with Crippen LogP contribution in [0.15, 0.2) is 40.9 Å². The van der Waals surface area contributed by atoms with Gasteiger partial charge in [-0.2, -0.15) is 0 Å². The maximum atomic E-state index is 12.8. The van der Waals surface area contributed by atoms with Crippen LogP contribution in [-0.4, -0.2) is 5.91 Å². The first-order chi connectivity index (χ1) is 9.45. The van der Waals surface area contributed by atoms with Gasteiger partial charge in [0.1, 0.15) is 5.82 Å². The minimum atomic E-state index is -0.320. The molecule has 2 rings (SSSR count). The molecule has 0 spiro atoms. The van der Waals surface area contributed by atoms with Crippen molar-refractivity contribution < 1.29 is 9.18 Å². The molecule has 0 aliphatic carbocycles. The van der Waals surface area contributed by atoms with Crippen LogP contribution in [0.25, 0.3) is 0 Å². The molecule has 0 saturated heterocycles. The van der Waals surface area contributed by atoms with Gasteiger partial charge in [-0.15, -0.1) is 0 Å². The molecule has 0 atom stereocenters. The number of rotatable bonds is 3. The Morgan fingerprint density at radius 1 is 1.30 bits per heavy atom. The summed E-state index contributed by atoms with van der Waals surface area (Å²) >= 11 is 3.38. The Kier molecular flexibility index (Phi) is 4.39. The highest BCUT2D eigenvalue weighted by molar-refractivity contribution is 9.10. The van der Waals surface area contributed by atoms with Gasteiger partial charge in [-0.05, 0) is 58.2 Å². The zero-order valence-electron chi connectivity index (χ0n) is 10.9. The van der Waals surface area contributed by atoms with Crippen LogP contribution in [0.3, 0.4) is 0 Å². The van der Waals surface area contributed by atoms with E-state index in [4.69, 9.17) is 5.73 Å². The SMILES string of the molecule is Cc1cc(N)c(NC(=O)Cc2ccc(F)cc2)c(Br)c1. The number of aryl methyl sites for hydroxylation is 1. The Hall–Kier alpha value is -1.88. The van der Waals surface area contributed by atoms with Crippen LogP contribution in [0.1, 0.15) is 11.1 Å². The summed E-state index contributed by atoms with van der Waals surface area (Å²) in [6, 6.07) is 9.50. The molecule has 0 aliphatic rings. The fourth-order valence-corrected chi connectivity index (χ4v) is 2.56. The third-order valence-electron chi connectivity index (χ3n) is 2.81. The van der Waals surface area contributed by atoms with Crippen molar-refractivity contribution in [2.45, 2.75) is 13.3 Å². The average Bonchev–Trinajstić information content (AvgIpc) is 2.36. The predicted molar refractivity (Wildman–Crippen MR) is 82.0 cm³/mol. The summed E-state index contributed by atoms with van der Waals surface area (Å²) < 4.78 is 13.5. The van der Waals surface area contributed by atoms with Crippen LogP contribution in [0.4, 0.5) is 15.8 Å². The van der Waals surface area contributed by atoms with Gasteiger partial charge in [0.05, 0.1) is 17.8 Å². The highest BCUT2D eigenvalue weighted by Gasteiger charge is 2.10. The molecule has 0 unspecified atom stereocenters. The average molecular weight is 337 g/mol. The predicted octanol–water partition coefficient (Wildman–Crippen LogP) is 3.66. The molecule has 0 aliphatic heterocycles. The van der Waals surface area contributed by atoms with E-state index in [0.29, 0.717) is 11.4 Å². The second-order valence-electron chi connectivity index (χ2n) is 4.56. The molecular formula is C15H14BrFN2O. The van der Waals surface area contributed by atoms with Crippen LogP contribution < -0.4 is 11.1 Å². The first kappa shape index (κ1) is 14.5. The number of hydrogen-bond acceptors (Lipinski definition) is 2. The van der Waals surface area contributed by atoms with Gasteiger partial charge in [-0.25, -0.2) is 4.39 Å². The van der Waals surface area contributed by atoms with Gasteiger partial charge in [0.15, 0.2) is 0 Å². The van der Waals surface area contributed by atoms with Crippen LogP contribution >= 0.6 is 15.9 Å². The van der Waals surface area contributed by atoms with Gasteiger partial charge < -0.3 is 11.1 Å². The summed E-state index contributed by atoms with van der Waals surface area (Å²) in [5.41, 5.74) is 8.70. The molecule has 2 aromatic rings. The van der Waals surface area contributed by atoms with E-state index >= 15 is 0 Å². The lowest BCUT2D eigenvalue weighted by Gasteiger charge is -2.11. The maximum Gasteiger partial charge on any atom is 0.228 e. The first-order valence-electron chi connectivity index (χ1n) is 6.05. The molecule has 0 radical (unpaired) electrons. The van der Waals surface area contributed by atoms with E-state index in [2.05, 4.69) is 21.2 Å². The van der Waals surface area contributed by atoms with Crippen LogP contribution in [0.5, 0.6) is 0 Å². The van der Waals surface area contributed by atoms with E-state index in [1.165, 1.54) is 12.1 Å². The van der Waals surface area contributed by atoms with Gasteiger partial charge in [0.25, 0.3) is 0 Å². The third-order valence-corrected chi connectivity index (χ3v) is 3.43. The van der Waals surface area contributed by atoms with E-state index in [1.54, 1.807) is 18.2 Å². The first-order valence-corrected chi connectivity index (χ1v) is 6.85. The summed E-state index contributed by atoms with van der Waals surface area (Å²) in [4.78, 5) is 12.0. The normalized spacial score (nSPS) is 10.3. The summed E-state index contributed by atoms with van der Waals surface area (Å²) in [5.74, 6) is -0.521.